The van der Waals surface area contributed by atoms with Crippen LogP contribution in [-0.4, -0.2) is 48.6 Å². The van der Waals surface area contributed by atoms with Crippen molar-refractivity contribution >= 4 is 21.8 Å². The zero-order valence-electron chi connectivity index (χ0n) is 12.3. The summed E-state index contributed by atoms with van der Waals surface area (Å²) in [5, 5.41) is 0. The first-order valence-electron chi connectivity index (χ1n) is 7.99. The van der Waals surface area contributed by atoms with Gasteiger partial charge in [0.05, 0.1) is 0 Å². The smallest absolute Gasteiger partial charge is 0.195 e. The van der Waals surface area contributed by atoms with E-state index in [1.807, 2.05) is 0 Å². The van der Waals surface area contributed by atoms with Crippen molar-refractivity contribution in [3.05, 3.63) is 0 Å². The Hall–Kier alpha value is 0.160. The summed E-state index contributed by atoms with van der Waals surface area (Å²) in [4.78, 5) is 0. The molecule has 1 saturated carbocycles. The van der Waals surface area contributed by atoms with E-state index in [0.717, 1.165) is 51.4 Å². The first kappa shape index (κ1) is 16.5. The zero-order valence-corrected chi connectivity index (χ0v) is 13.8. The fourth-order valence-electron chi connectivity index (χ4n) is 3.36. The van der Waals surface area contributed by atoms with Gasteiger partial charge in [0.2, 0.25) is 0 Å². The average Bonchev–Trinajstić information content (AvgIpc) is 2.75. The molecule has 2 rings (SSSR count). The molecular formula is C14H27ClN2O2S. The van der Waals surface area contributed by atoms with Gasteiger partial charge in [-0.3, -0.25) is 0 Å². The van der Waals surface area contributed by atoms with Crippen LogP contribution in [0, 0.1) is 0 Å². The molecule has 1 saturated heterocycles. The maximum absolute atomic E-state index is 12.9. The van der Waals surface area contributed by atoms with Gasteiger partial charge >= 0.3 is 0 Å². The number of hydrogen-bond acceptors (Lipinski definition) is 2. The second-order valence-electron chi connectivity index (χ2n) is 5.91. The number of rotatable bonds is 5. The van der Waals surface area contributed by atoms with Crippen LogP contribution in [-0.2, 0) is 10.2 Å². The highest BCUT2D eigenvalue weighted by Crippen LogP contribution is 2.27. The summed E-state index contributed by atoms with van der Waals surface area (Å²) in [7, 11) is -3.33. The lowest BCUT2D eigenvalue weighted by atomic mass is 9.95. The Morgan fingerprint density at radius 2 is 1.50 bits per heavy atom. The fraction of sp³-hybridized carbons (Fsp3) is 1.00. The molecule has 0 amide bonds. The standard InChI is InChI=1S/C14H27ClN2O2S/c15-10-13-17(14-8-4-3-5-9-14)20(18,19)16-11-6-1-2-7-12-16/h14H,1-13H2. The minimum Gasteiger partial charge on any atom is -0.195 e. The highest BCUT2D eigenvalue weighted by atomic mass is 35.5. The Labute approximate surface area is 128 Å². The molecule has 0 spiro atoms. The highest BCUT2D eigenvalue weighted by molar-refractivity contribution is 7.86. The number of nitrogens with zero attached hydrogens (tertiary/aromatic N) is 2. The number of alkyl halides is 1. The Balaban J connectivity index is 2.12. The molecule has 0 unspecified atom stereocenters. The number of halogens is 1. The SMILES string of the molecule is O=S(=O)(N1CCCCCC1)N(CCCl)C1CCCCC1. The summed E-state index contributed by atoms with van der Waals surface area (Å²) in [6.45, 7) is 1.80. The van der Waals surface area contributed by atoms with Gasteiger partial charge in [0.25, 0.3) is 10.2 Å². The molecule has 20 heavy (non-hydrogen) atoms. The van der Waals surface area contributed by atoms with Crippen molar-refractivity contribution in [1.29, 1.82) is 0 Å². The first-order chi connectivity index (χ1) is 9.66. The van der Waals surface area contributed by atoms with Gasteiger partial charge in [-0.25, -0.2) is 0 Å². The molecule has 0 N–H and O–H groups in total. The highest BCUT2D eigenvalue weighted by Gasteiger charge is 2.35. The van der Waals surface area contributed by atoms with Gasteiger partial charge in [0.1, 0.15) is 0 Å². The normalized spacial score (nSPS) is 23.9. The largest absolute Gasteiger partial charge is 0.282 e. The van der Waals surface area contributed by atoms with E-state index in [2.05, 4.69) is 0 Å². The predicted molar refractivity (Wildman–Crippen MR) is 83.3 cm³/mol. The number of hydrogen-bond donors (Lipinski definition) is 0. The molecule has 1 aliphatic heterocycles. The lowest BCUT2D eigenvalue weighted by Crippen LogP contribution is -2.50. The zero-order chi connectivity index (χ0) is 14.4. The molecule has 4 nitrogen and oxygen atoms in total. The molecule has 1 aliphatic carbocycles. The summed E-state index contributed by atoms with van der Waals surface area (Å²) >= 11 is 5.87. The van der Waals surface area contributed by atoms with Crippen molar-refractivity contribution in [1.82, 2.24) is 8.61 Å². The molecule has 2 aliphatic rings. The van der Waals surface area contributed by atoms with Crippen LogP contribution in [0.25, 0.3) is 0 Å². The van der Waals surface area contributed by atoms with Gasteiger partial charge in [-0.1, -0.05) is 32.1 Å². The van der Waals surface area contributed by atoms with Crippen molar-refractivity contribution in [3.8, 4) is 0 Å². The third-order valence-electron chi connectivity index (χ3n) is 4.47. The van der Waals surface area contributed by atoms with E-state index < -0.39 is 10.2 Å². The lowest BCUT2D eigenvalue weighted by molar-refractivity contribution is 0.242. The van der Waals surface area contributed by atoms with E-state index in [4.69, 9.17) is 11.6 Å². The van der Waals surface area contributed by atoms with E-state index in [1.165, 1.54) is 6.42 Å². The van der Waals surface area contributed by atoms with Crippen LogP contribution in [0.15, 0.2) is 0 Å². The Morgan fingerprint density at radius 3 is 2.05 bits per heavy atom. The van der Waals surface area contributed by atoms with E-state index in [9.17, 15) is 8.42 Å². The van der Waals surface area contributed by atoms with Crippen LogP contribution >= 0.6 is 11.6 Å². The predicted octanol–water partition coefficient (Wildman–Crippen LogP) is 2.98. The molecule has 0 aromatic heterocycles. The third-order valence-corrected chi connectivity index (χ3v) is 6.73. The van der Waals surface area contributed by atoms with Gasteiger partial charge in [-0.15, -0.1) is 11.6 Å². The Morgan fingerprint density at radius 1 is 0.950 bits per heavy atom. The van der Waals surface area contributed by atoms with Crippen LogP contribution in [0.5, 0.6) is 0 Å². The second-order valence-corrected chi connectivity index (χ2v) is 8.17. The quantitative estimate of drug-likeness (QED) is 0.730. The van der Waals surface area contributed by atoms with Crippen LogP contribution < -0.4 is 0 Å². The van der Waals surface area contributed by atoms with E-state index in [-0.39, 0.29) is 6.04 Å². The molecule has 1 heterocycles. The topological polar surface area (TPSA) is 40.6 Å². The Bertz CT molecular complexity index is 375. The van der Waals surface area contributed by atoms with Gasteiger partial charge in [0.15, 0.2) is 0 Å². The molecular weight excluding hydrogens is 296 g/mol. The van der Waals surface area contributed by atoms with Crippen LogP contribution in [0.4, 0.5) is 0 Å². The van der Waals surface area contributed by atoms with Gasteiger partial charge in [-0.05, 0) is 25.7 Å². The van der Waals surface area contributed by atoms with Crippen LogP contribution in [0.1, 0.15) is 57.8 Å². The summed E-state index contributed by atoms with van der Waals surface area (Å²) in [5.74, 6) is 0.379. The van der Waals surface area contributed by atoms with Crippen molar-refractivity contribution in [2.24, 2.45) is 0 Å². The minimum atomic E-state index is -3.33. The fourth-order valence-corrected chi connectivity index (χ4v) is 5.57. The third kappa shape index (κ3) is 4.09. The monoisotopic (exact) mass is 322 g/mol. The minimum absolute atomic E-state index is 0.163. The summed E-state index contributed by atoms with van der Waals surface area (Å²) < 4.78 is 29.2. The summed E-state index contributed by atoms with van der Waals surface area (Å²) in [6, 6.07) is 0.163. The molecule has 2 fully saturated rings. The molecule has 118 valence electrons. The maximum Gasteiger partial charge on any atom is 0.282 e. The Kier molecular flexibility index (Phi) is 6.59. The van der Waals surface area contributed by atoms with Crippen LogP contribution in [0.2, 0.25) is 0 Å². The van der Waals surface area contributed by atoms with Crippen molar-refractivity contribution < 1.29 is 8.42 Å². The molecule has 0 aromatic carbocycles. The van der Waals surface area contributed by atoms with E-state index in [0.29, 0.717) is 25.5 Å². The molecule has 0 bridgehead atoms. The van der Waals surface area contributed by atoms with Crippen molar-refractivity contribution in [2.75, 3.05) is 25.5 Å². The molecule has 0 radical (unpaired) electrons. The molecule has 6 heteroatoms. The summed E-state index contributed by atoms with van der Waals surface area (Å²) in [6.07, 6.45) is 9.74. The molecule has 0 aromatic rings. The maximum atomic E-state index is 12.9. The summed E-state index contributed by atoms with van der Waals surface area (Å²) in [5.41, 5.74) is 0. The van der Waals surface area contributed by atoms with Crippen molar-refractivity contribution in [3.63, 3.8) is 0 Å². The first-order valence-corrected chi connectivity index (χ1v) is 9.92. The second kappa shape index (κ2) is 7.97. The lowest BCUT2D eigenvalue weighted by Gasteiger charge is -2.36. The van der Waals surface area contributed by atoms with Gasteiger partial charge in [0, 0.05) is 31.6 Å². The van der Waals surface area contributed by atoms with Gasteiger partial charge < -0.3 is 0 Å². The molecule has 0 atom stereocenters. The van der Waals surface area contributed by atoms with E-state index in [1.54, 1.807) is 8.61 Å². The van der Waals surface area contributed by atoms with Gasteiger partial charge in [-0.2, -0.15) is 17.0 Å². The average molecular weight is 323 g/mol. The van der Waals surface area contributed by atoms with Crippen LogP contribution in [0.3, 0.4) is 0 Å². The van der Waals surface area contributed by atoms with Crippen molar-refractivity contribution in [2.45, 2.75) is 63.8 Å². The van der Waals surface area contributed by atoms with E-state index >= 15 is 0 Å².